The average molecular weight is 368 g/mol. The van der Waals surface area contributed by atoms with E-state index >= 15 is 0 Å². The van der Waals surface area contributed by atoms with Crippen LogP contribution in [0.3, 0.4) is 0 Å². The predicted octanol–water partition coefficient (Wildman–Crippen LogP) is 4.78. The minimum Gasteiger partial charge on any atom is -0.465 e. The number of ether oxygens (including phenoxy) is 1. The minimum atomic E-state index is -2.67. The van der Waals surface area contributed by atoms with E-state index in [0.29, 0.717) is 22.5 Å². The second-order valence-corrected chi connectivity index (χ2v) is 6.42. The van der Waals surface area contributed by atoms with E-state index in [9.17, 15) is 13.4 Å². The topological polar surface area (TPSA) is 43.6 Å². The van der Waals surface area contributed by atoms with Gasteiger partial charge in [-0.15, -0.1) is 0 Å². The molecule has 2 aromatic rings. The zero-order valence-electron chi connectivity index (χ0n) is 15.6. The molecule has 138 valence electrons. The molecule has 1 aromatic carbocycles. The number of nitrogens with zero attached hydrogens (tertiary/aromatic N) is 2. The maximum absolute atomic E-state index is 13.6. The summed E-state index contributed by atoms with van der Waals surface area (Å²) in [7, 11) is -1.36. The molecule has 0 fully saturated rings. The Bertz CT molecular complexity index is 986. The number of hydrogen-bond acceptors (Lipinski definition) is 3. The highest BCUT2D eigenvalue weighted by molar-refractivity contribution is 6.41. The van der Waals surface area contributed by atoms with Gasteiger partial charge in [0.2, 0.25) is 0 Å². The number of aromatic nitrogens is 1. The minimum absolute atomic E-state index is 0.408. The molecule has 1 aliphatic rings. The van der Waals surface area contributed by atoms with Crippen molar-refractivity contribution < 1.29 is 18.2 Å². The Labute approximate surface area is 157 Å². The number of rotatable bonds is 4. The highest BCUT2D eigenvalue weighted by Gasteiger charge is 2.24. The molecule has 0 radical (unpaired) electrons. The van der Waals surface area contributed by atoms with Gasteiger partial charge in [-0.1, -0.05) is 12.1 Å². The third kappa shape index (κ3) is 3.63. The first-order chi connectivity index (χ1) is 12.8. The van der Waals surface area contributed by atoms with Gasteiger partial charge in [0.15, 0.2) is 0 Å². The van der Waals surface area contributed by atoms with Crippen LogP contribution in [0.1, 0.15) is 35.5 Å². The summed E-state index contributed by atoms with van der Waals surface area (Å²) in [5.74, 6) is -0.439. The van der Waals surface area contributed by atoms with Crippen molar-refractivity contribution in [3.63, 3.8) is 0 Å². The van der Waals surface area contributed by atoms with Gasteiger partial charge in [-0.05, 0) is 61.8 Å². The quantitative estimate of drug-likeness (QED) is 0.576. The molecular weight excluding hydrogens is 349 g/mol. The Kier molecular flexibility index (Phi) is 5.12. The van der Waals surface area contributed by atoms with Gasteiger partial charge in [0.05, 0.1) is 18.4 Å². The smallest absolute Gasteiger partial charge is 0.465 e. The summed E-state index contributed by atoms with van der Waals surface area (Å²) in [6, 6.07) is 6.70. The van der Waals surface area contributed by atoms with E-state index in [1.165, 1.54) is 13.3 Å². The van der Waals surface area contributed by atoms with Crippen LogP contribution >= 0.6 is 0 Å². The maximum atomic E-state index is 13.6. The van der Waals surface area contributed by atoms with Crippen LogP contribution in [-0.4, -0.2) is 30.7 Å². The molecule has 0 spiro atoms. The fourth-order valence-electron chi connectivity index (χ4n) is 3.15. The lowest BCUT2D eigenvalue weighted by atomic mass is 10.0. The summed E-state index contributed by atoms with van der Waals surface area (Å²) in [5, 5.41) is 0. The molecule has 0 unspecified atom stereocenters. The highest BCUT2D eigenvalue weighted by Crippen LogP contribution is 2.32. The predicted molar refractivity (Wildman–Crippen MR) is 104 cm³/mol. The molecule has 0 saturated carbocycles. The summed E-state index contributed by atoms with van der Waals surface area (Å²) in [4.78, 5) is 16.0. The number of allylic oxidation sites excluding steroid dienone is 2. The van der Waals surface area contributed by atoms with Crippen molar-refractivity contribution in [1.29, 1.82) is 0 Å². The van der Waals surface area contributed by atoms with Crippen molar-refractivity contribution in [1.82, 2.24) is 4.48 Å². The van der Waals surface area contributed by atoms with Crippen LogP contribution in [0.25, 0.3) is 17.2 Å². The summed E-state index contributed by atoms with van der Waals surface area (Å²) in [6.45, 7) is 5.58. The van der Waals surface area contributed by atoms with Gasteiger partial charge in [-0.3, -0.25) is 13.6 Å². The maximum Gasteiger partial charge on any atom is 0.677 e. The van der Waals surface area contributed by atoms with Gasteiger partial charge in [0.1, 0.15) is 0 Å². The van der Waals surface area contributed by atoms with E-state index in [-0.39, 0.29) is 0 Å². The Morgan fingerprint density at radius 3 is 2.37 bits per heavy atom. The van der Waals surface area contributed by atoms with E-state index < -0.39 is 13.4 Å². The lowest BCUT2D eigenvalue weighted by molar-refractivity contribution is 0.0600. The normalized spacial score (nSPS) is 15.0. The number of carbonyl (C=O) groups excluding carboxylic acids is 1. The highest BCUT2D eigenvalue weighted by atomic mass is 19.2. The first-order valence-electron chi connectivity index (χ1n) is 8.45. The van der Waals surface area contributed by atoms with E-state index in [1.807, 2.05) is 19.9 Å². The lowest BCUT2D eigenvalue weighted by Gasteiger charge is -2.05. The van der Waals surface area contributed by atoms with Crippen molar-refractivity contribution >= 4 is 25.2 Å². The van der Waals surface area contributed by atoms with Crippen molar-refractivity contribution in [2.24, 2.45) is 4.99 Å². The number of hydrogen-bond donors (Lipinski definition) is 0. The van der Waals surface area contributed by atoms with Gasteiger partial charge in [0, 0.05) is 23.2 Å². The van der Waals surface area contributed by atoms with Gasteiger partial charge in [-0.2, -0.15) is 0 Å². The summed E-state index contributed by atoms with van der Waals surface area (Å²) < 4.78 is 32.9. The number of benzene rings is 1. The monoisotopic (exact) mass is 368 g/mol. The summed E-state index contributed by atoms with van der Waals surface area (Å²) in [6.07, 6.45) is 5.05. The van der Waals surface area contributed by atoms with Crippen LogP contribution in [0.5, 0.6) is 0 Å². The molecule has 0 amide bonds. The second kappa shape index (κ2) is 7.35. The van der Waals surface area contributed by atoms with Crippen molar-refractivity contribution in [2.45, 2.75) is 20.8 Å². The van der Waals surface area contributed by atoms with Crippen LogP contribution < -0.4 is 0 Å². The lowest BCUT2D eigenvalue weighted by Crippen LogP contribution is -2.13. The molecule has 0 bridgehead atoms. The van der Waals surface area contributed by atoms with Crippen molar-refractivity contribution in [3.8, 4) is 11.1 Å². The summed E-state index contributed by atoms with van der Waals surface area (Å²) in [5.41, 5.74) is 5.45. The van der Waals surface area contributed by atoms with Crippen LogP contribution in [0.15, 0.2) is 52.8 Å². The molecule has 1 aromatic heterocycles. The van der Waals surface area contributed by atoms with Crippen LogP contribution in [0.2, 0.25) is 0 Å². The van der Waals surface area contributed by atoms with Crippen molar-refractivity contribution in [3.05, 3.63) is 64.6 Å². The van der Waals surface area contributed by atoms with E-state index in [0.717, 1.165) is 26.9 Å². The molecule has 0 atom stereocenters. The second-order valence-electron chi connectivity index (χ2n) is 6.42. The van der Waals surface area contributed by atoms with Crippen LogP contribution in [-0.2, 0) is 4.74 Å². The largest absolute Gasteiger partial charge is 0.677 e. The van der Waals surface area contributed by atoms with Gasteiger partial charge in [0.25, 0.3) is 0 Å². The first kappa shape index (κ1) is 18.8. The van der Waals surface area contributed by atoms with Crippen LogP contribution in [0, 0.1) is 6.92 Å². The molecule has 27 heavy (non-hydrogen) atoms. The molecule has 7 heteroatoms. The molecule has 0 aliphatic carbocycles. The fourth-order valence-corrected chi connectivity index (χ4v) is 3.15. The Hall–Kier alpha value is -2.96. The Morgan fingerprint density at radius 1 is 1.19 bits per heavy atom. The molecule has 2 heterocycles. The number of halogens is 2. The van der Waals surface area contributed by atoms with E-state index in [1.54, 1.807) is 37.3 Å². The number of esters is 1. The standard InChI is InChI=1S/C20H19BF2N2O2/c1-12-9-13(2)24-18(12)10-19-14(3)17(11-25(19)21(22)23)15-5-7-16(8-6-15)20(26)27-4/h5-11H,1-4H3/b18-10-. The number of methoxy groups -OCH3 is 1. The zero-order valence-corrected chi connectivity index (χ0v) is 15.6. The summed E-state index contributed by atoms with van der Waals surface area (Å²) >= 11 is 0. The molecular formula is C20H19BF2N2O2. The third-order valence-corrected chi connectivity index (χ3v) is 4.56. The zero-order chi connectivity index (χ0) is 19.7. The van der Waals surface area contributed by atoms with Gasteiger partial charge < -0.3 is 9.21 Å². The Balaban J connectivity index is 2.08. The Morgan fingerprint density at radius 2 is 1.85 bits per heavy atom. The van der Waals surface area contributed by atoms with E-state index in [2.05, 4.69) is 9.73 Å². The molecule has 0 saturated heterocycles. The molecule has 0 N–H and O–H groups in total. The van der Waals surface area contributed by atoms with E-state index in [4.69, 9.17) is 0 Å². The first-order valence-corrected chi connectivity index (χ1v) is 8.45. The average Bonchev–Trinajstić information content (AvgIpc) is 3.14. The number of carbonyl (C=O) groups is 1. The third-order valence-electron chi connectivity index (χ3n) is 4.56. The molecule has 1 aliphatic heterocycles. The molecule has 3 rings (SSSR count). The van der Waals surface area contributed by atoms with Crippen LogP contribution in [0.4, 0.5) is 8.63 Å². The molecule has 4 nitrogen and oxygen atoms in total. The van der Waals surface area contributed by atoms with Crippen molar-refractivity contribution in [2.75, 3.05) is 7.11 Å². The SMILES string of the molecule is COC(=O)c1ccc(-c2cn(B(F)F)c(/C=C3\N=C(C)C=C3C)c2C)cc1. The van der Waals surface area contributed by atoms with Gasteiger partial charge in [-0.25, -0.2) is 4.79 Å². The number of aliphatic imine (C=N–C) groups is 1. The fraction of sp³-hybridized carbons (Fsp3) is 0.200. The van der Waals surface area contributed by atoms with Gasteiger partial charge >= 0.3 is 13.4 Å².